The van der Waals surface area contributed by atoms with Crippen molar-refractivity contribution in [1.82, 2.24) is 0 Å². The van der Waals surface area contributed by atoms with Crippen molar-refractivity contribution in [3.8, 4) is 11.5 Å². The lowest BCUT2D eigenvalue weighted by atomic mass is 9.33. The highest BCUT2D eigenvalue weighted by Gasteiger charge is 2.48. The summed E-state index contributed by atoms with van der Waals surface area (Å²) in [5.41, 5.74) is 20.3. The minimum absolute atomic E-state index is 0.0136. The van der Waals surface area contributed by atoms with Crippen molar-refractivity contribution in [2.24, 2.45) is 0 Å². The normalized spacial score (nSPS) is 16.5. The van der Waals surface area contributed by atoms with Crippen LogP contribution in [0.3, 0.4) is 0 Å². The first kappa shape index (κ1) is 44.9. The van der Waals surface area contributed by atoms with Crippen molar-refractivity contribution < 1.29 is 4.74 Å². The van der Waals surface area contributed by atoms with Gasteiger partial charge in [0.2, 0.25) is 0 Å². The van der Waals surface area contributed by atoms with E-state index in [-0.39, 0.29) is 33.8 Å². The number of thiophene rings is 1. The maximum absolute atomic E-state index is 6.67. The number of hydrogen-bond donors (Lipinski definition) is 0. The van der Waals surface area contributed by atoms with Gasteiger partial charge in [-0.15, -0.1) is 11.3 Å². The van der Waals surface area contributed by atoms with Crippen LogP contribution in [0.25, 0.3) is 10.1 Å². The maximum Gasteiger partial charge on any atom is 0.254 e. The Morgan fingerprint density at radius 2 is 0.929 bits per heavy atom. The summed E-state index contributed by atoms with van der Waals surface area (Å²) >= 11 is 1.95. The van der Waals surface area contributed by atoms with E-state index in [0.29, 0.717) is 0 Å². The number of ether oxygens (including phenoxy) is 1. The summed E-state index contributed by atoms with van der Waals surface area (Å²) in [5.74, 6) is 1.69. The van der Waals surface area contributed by atoms with E-state index < -0.39 is 0 Å². The second kappa shape index (κ2) is 15.1. The van der Waals surface area contributed by atoms with E-state index in [9.17, 15) is 0 Å². The van der Waals surface area contributed by atoms with Crippen LogP contribution in [0.2, 0.25) is 0 Å². The van der Waals surface area contributed by atoms with Crippen LogP contribution in [0.1, 0.15) is 131 Å². The molecule has 3 aliphatic heterocycles. The Morgan fingerprint density at radius 3 is 1.47 bits per heavy atom. The Hall–Kier alpha value is -6.24. The molecule has 0 radical (unpaired) electrons. The van der Waals surface area contributed by atoms with Gasteiger partial charge >= 0.3 is 0 Å². The van der Waals surface area contributed by atoms with Crippen LogP contribution in [0, 0.1) is 0 Å². The van der Waals surface area contributed by atoms with Gasteiger partial charge in [-0.1, -0.05) is 157 Å². The number of nitrogens with zero attached hydrogens (tertiary/aromatic N) is 3. The third-order valence-corrected chi connectivity index (χ3v) is 17.4. The summed E-state index contributed by atoms with van der Waals surface area (Å²) in [4.78, 5) is 7.70. The van der Waals surface area contributed by atoms with Crippen LogP contribution in [-0.4, -0.2) is 6.71 Å². The monoisotopic (exact) mass is 936 g/mol. The largest absolute Gasteiger partial charge is 0.453 e. The van der Waals surface area contributed by atoms with E-state index >= 15 is 0 Å². The molecule has 0 saturated heterocycles. The van der Waals surface area contributed by atoms with Crippen LogP contribution in [0.15, 0.2) is 140 Å². The number of fused-ring (bicyclic) bond motifs is 9. The molecule has 0 atom stereocenters. The molecule has 12 rings (SSSR count). The summed E-state index contributed by atoms with van der Waals surface area (Å²) in [6, 6.07) is 53.6. The van der Waals surface area contributed by atoms with Crippen LogP contribution < -0.4 is 35.8 Å². The van der Waals surface area contributed by atoms with Gasteiger partial charge in [0.1, 0.15) is 0 Å². The number of para-hydroxylation sites is 4. The molecule has 0 amide bonds. The average molecular weight is 936 g/mol. The Balaban J connectivity index is 1.25. The quantitative estimate of drug-likeness (QED) is 0.164. The molecular formula is C64H66BN3OS. The SMILES string of the molecule is CC(C)(C)c1ccc(N2c3cc4c(cc3B3c5c2cc(N2c6ccccc6Oc6ccccc62)cc5N(c2ccc(C(C)(C)C)cc2)c2sc5ccc(C(C)(C)C)cc5c23)C(C)(C)CCC4(C)C)cc1. The number of anilines is 9. The van der Waals surface area contributed by atoms with Crippen molar-refractivity contribution >= 4 is 95.0 Å². The van der Waals surface area contributed by atoms with E-state index in [2.05, 4.69) is 244 Å². The zero-order valence-corrected chi connectivity index (χ0v) is 44.2. The summed E-state index contributed by atoms with van der Waals surface area (Å²) in [6.07, 6.45) is 2.30. The molecule has 4 heterocycles. The average Bonchev–Trinajstić information content (AvgIpc) is 3.69. The predicted octanol–water partition coefficient (Wildman–Crippen LogP) is 16.8. The summed E-state index contributed by atoms with van der Waals surface area (Å²) in [7, 11) is 0. The van der Waals surface area contributed by atoms with Crippen molar-refractivity contribution in [3.05, 3.63) is 167 Å². The highest BCUT2D eigenvalue weighted by Crippen LogP contribution is 2.56. The van der Waals surface area contributed by atoms with Gasteiger partial charge in [0.25, 0.3) is 6.71 Å². The van der Waals surface area contributed by atoms with Gasteiger partial charge in [0.15, 0.2) is 11.5 Å². The summed E-state index contributed by atoms with van der Waals surface area (Å²) < 4.78 is 7.99. The van der Waals surface area contributed by atoms with E-state index in [4.69, 9.17) is 4.74 Å². The zero-order valence-electron chi connectivity index (χ0n) is 43.4. The third-order valence-electron chi connectivity index (χ3n) is 16.2. The smallest absolute Gasteiger partial charge is 0.254 e. The molecule has 1 aromatic heterocycles. The third kappa shape index (κ3) is 6.90. The molecule has 0 fully saturated rings. The van der Waals surface area contributed by atoms with Crippen molar-refractivity contribution in [1.29, 1.82) is 0 Å². The second-order valence-corrected chi connectivity index (χ2v) is 26.0. The molecular weight excluding hydrogens is 870 g/mol. The fourth-order valence-electron chi connectivity index (χ4n) is 11.9. The maximum atomic E-state index is 6.67. The van der Waals surface area contributed by atoms with Crippen LogP contribution in [-0.2, 0) is 27.1 Å². The lowest BCUT2D eigenvalue weighted by molar-refractivity contribution is 0.332. The van der Waals surface area contributed by atoms with E-state index in [0.717, 1.165) is 47.1 Å². The van der Waals surface area contributed by atoms with Gasteiger partial charge in [-0.3, -0.25) is 0 Å². The molecule has 4 aliphatic rings. The highest BCUT2D eigenvalue weighted by atomic mass is 32.1. The summed E-state index contributed by atoms with van der Waals surface area (Å²) in [5, 5.41) is 2.65. The lowest BCUT2D eigenvalue weighted by Crippen LogP contribution is -2.61. The van der Waals surface area contributed by atoms with Crippen LogP contribution in [0.5, 0.6) is 11.5 Å². The molecule has 70 heavy (non-hydrogen) atoms. The molecule has 4 nitrogen and oxygen atoms in total. The molecule has 0 saturated carbocycles. The second-order valence-electron chi connectivity index (χ2n) is 25.0. The number of hydrogen-bond acceptors (Lipinski definition) is 5. The Bertz CT molecular complexity index is 3390. The zero-order chi connectivity index (χ0) is 49.0. The first-order valence-electron chi connectivity index (χ1n) is 25.5. The van der Waals surface area contributed by atoms with Gasteiger partial charge < -0.3 is 19.4 Å². The van der Waals surface area contributed by atoms with Gasteiger partial charge in [-0.05, 0) is 162 Å². The highest BCUT2D eigenvalue weighted by molar-refractivity contribution is 7.26. The molecule has 0 bridgehead atoms. The molecule has 7 aromatic carbocycles. The predicted molar refractivity (Wildman–Crippen MR) is 302 cm³/mol. The topological polar surface area (TPSA) is 19.0 Å². The van der Waals surface area contributed by atoms with Crippen molar-refractivity contribution in [2.75, 3.05) is 14.7 Å². The molecule has 0 N–H and O–H groups in total. The number of benzene rings is 7. The first-order valence-corrected chi connectivity index (χ1v) is 26.3. The van der Waals surface area contributed by atoms with Gasteiger partial charge in [0, 0.05) is 33.1 Å². The minimum atomic E-state index is -0.0291. The molecule has 352 valence electrons. The Labute approximate surface area is 421 Å². The molecule has 6 heteroatoms. The molecule has 1 aliphatic carbocycles. The number of rotatable bonds is 3. The van der Waals surface area contributed by atoms with Crippen molar-refractivity contribution in [3.63, 3.8) is 0 Å². The van der Waals surface area contributed by atoms with E-state index in [1.54, 1.807) is 0 Å². The Kier molecular flexibility index (Phi) is 9.72. The van der Waals surface area contributed by atoms with Gasteiger partial charge in [-0.25, -0.2) is 0 Å². The standard InChI is InChI=1S/C64H66BN3OS/c1-60(2,3)39-22-27-42(28-23-39)66-51-38-47-46(63(10,11)32-33-64(47,12)13)37-48(51)65-57-45-34-41(62(7,8)9)26-31-56(45)70-59(57)68(43-29-24-40(25-30-43)61(4,5)6)53-36-44(35-52(66)58(53)65)67-49-18-14-16-20-54(49)69-55-21-17-15-19-50(55)67/h14-31,34-38H,32-33H2,1-13H3. The minimum Gasteiger partial charge on any atom is -0.453 e. The Morgan fingerprint density at radius 1 is 0.457 bits per heavy atom. The van der Waals surface area contributed by atoms with Gasteiger partial charge in [0.05, 0.1) is 22.1 Å². The fourth-order valence-corrected chi connectivity index (χ4v) is 13.2. The van der Waals surface area contributed by atoms with E-state index in [1.165, 1.54) is 82.0 Å². The molecule has 8 aromatic rings. The summed E-state index contributed by atoms with van der Waals surface area (Å²) in [6.45, 7) is 30.8. The fraction of sp³-hybridized carbons (Fsp3) is 0.312. The van der Waals surface area contributed by atoms with Crippen LogP contribution >= 0.6 is 11.3 Å². The molecule has 0 spiro atoms. The van der Waals surface area contributed by atoms with Crippen molar-refractivity contribution in [2.45, 2.75) is 130 Å². The van der Waals surface area contributed by atoms with Crippen LogP contribution in [0.4, 0.5) is 50.5 Å². The van der Waals surface area contributed by atoms with E-state index in [1.807, 2.05) is 11.3 Å². The molecule has 0 unspecified atom stereocenters. The first-order chi connectivity index (χ1) is 33.1. The van der Waals surface area contributed by atoms with Gasteiger partial charge in [-0.2, -0.15) is 0 Å². The lowest BCUT2D eigenvalue weighted by Gasteiger charge is -2.47.